The van der Waals surface area contributed by atoms with E-state index in [1.54, 1.807) is 13.3 Å². The Labute approximate surface area is 140 Å². The van der Waals surface area contributed by atoms with Crippen LogP contribution < -0.4 is 15.8 Å². The van der Waals surface area contributed by atoms with E-state index in [-0.39, 0.29) is 18.4 Å². The number of anilines is 1. The summed E-state index contributed by atoms with van der Waals surface area (Å²) in [6, 6.07) is 7.77. The van der Waals surface area contributed by atoms with E-state index in [2.05, 4.69) is 15.3 Å². The van der Waals surface area contributed by atoms with Crippen molar-refractivity contribution in [3.63, 3.8) is 0 Å². The maximum atomic E-state index is 12.4. The number of hydrogen-bond acceptors (Lipinski definition) is 6. The number of ether oxygens (including phenoxy) is 2. The SMILES string of the molecule is COCc1ncc(CNC(=O)C2COc3ccccc3C2)c(N)n1. The Kier molecular flexibility index (Phi) is 4.90. The second-order valence-electron chi connectivity index (χ2n) is 5.67. The topological polar surface area (TPSA) is 99.4 Å². The van der Waals surface area contributed by atoms with Crippen LogP contribution in [0.25, 0.3) is 0 Å². The first-order valence-electron chi connectivity index (χ1n) is 7.75. The molecule has 0 saturated heterocycles. The smallest absolute Gasteiger partial charge is 0.227 e. The van der Waals surface area contributed by atoms with Gasteiger partial charge in [-0.1, -0.05) is 18.2 Å². The number of aromatic nitrogens is 2. The van der Waals surface area contributed by atoms with Crippen LogP contribution in [0.15, 0.2) is 30.5 Å². The zero-order valence-electron chi connectivity index (χ0n) is 13.5. The van der Waals surface area contributed by atoms with Gasteiger partial charge in [0.05, 0.1) is 5.92 Å². The number of carbonyl (C=O) groups excluding carboxylic acids is 1. The van der Waals surface area contributed by atoms with Crippen molar-refractivity contribution in [1.29, 1.82) is 0 Å². The Morgan fingerprint density at radius 2 is 2.29 bits per heavy atom. The number of nitrogen functional groups attached to an aromatic ring is 1. The first kappa shape index (κ1) is 16.2. The number of para-hydroxylation sites is 1. The number of nitrogens with two attached hydrogens (primary N) is 1. The highest BCUT2D eigenvalue weighted by Gasteiger charge is 2.25. The number of rotatable bonds is 5. The molecule has 126 valence electrons. The molecule has 1 atom stereocenters. The number of methoxy groups -OCH3 is 1. The first-order valence-corrected chi connectivity index (χ1v) is 7.75. The van der Waals surface area contributed by atoms with E-state index in [1.165, 1.54) is 0 Å². The summed E-state index contributed by atoms with van der Waals surface area (Å²) in [6.07, 6.45) is 2.28. The van der Waals surface area contributed by atoms with Crippen LogP contribution in [0, 0.1) is 5.92 Å². The fourth-order valence-corrected chi connectivity index (χ4v) is 2.62. The lowest BCUT2D eigenvalue weighted by molar-refractivity contribution is -0.126. The van der Waals surface area contributed by atoms with E-state index in [0.717, 1.165) is 11.3 Å². The minimum absolute atomic E-state index is 0.0649. The normalized spacial score (nSPS) is 16.1. The minimum Gasteiger partial charge on any atom is -0.492 e. The molecule has 2 aromatic rings. The van der Waals surface area contributed by atoms with Crippen LogP contribution >= 0.6 is 0 Å². The van der Waals surface area contributed by atoms with Crippen LogP contribution in [0.2, 0.25) is 0 Å². The lowest BCUT2D eigenvalue weighted by Crippen LogP contribution is -2.37. The molecule has 1 aromatic heterocycles. The van der Waals surface area contributed by atoms with Crippen LogP contribution in [0.5, 0.6) is 5.75 Å². The summed E-state index contributed by atoms with van der Waals surface area (Å²) in [5.41, 5.74) is 7.63. The van der Waals surface area contributed by atoms with E-state index in [9.17, 15) is 4.79 Å². The van der Waals surface area contributed by atoms with Gasteiger partial charge in [0.2, 0.25) is 5.91 Å². The number of benzene rings is 1. The average Bonchev–Trinajstić information content (AvgIpc) is 2.60. The highest BCUT2D eigenvalue weighted by atomic mass is 16.5. The van der Waals surface area contributed by atoms with Crippen LogP contribution in [-0.2, 0) is 29.1 Å². The quantitative estimate of drug-likeness (QED) is 0.852. The van der Waals surface area contributed by atoms with E-state index in [1.807, 2.05) is 24.3 Å². The summed E-state index contributed by atoms with van der Waals surface area (Å²) in [5, 5.41) is 2.88. The third kappa shape index (κ3) is 3.62. The zero-order chi connectivity index (χ0) is 16.9. The number of amides is 1. The number of fused-ring (bicyclic) bond motifs is 1. The predicted octanol–water partition coefficient (Wildman–Crippen LogP) is 1.07. The molecule has 1 aromatic carbocycles. The first-order chi connectivity index (χ1) is 11.7. The molecule has 0 bridgehead atoms. The van der Waals surface area contributed by atoms with Crippen molar-refractivity contribution < 1.29 is 14.3 Å². The maximum Gasteiger partial charge on any atom is 0.227 e. The molecule has 24 heavy (non-hydrogen) atoms. The van der Waals surface area contributed by atoms with Gasteiger partial charge in [0, 0.05) is 25.4 Å². The maximum absolute atomic E-state index is 12.4. The largest absolute Gasteiger partial charge is 0.492 e. The third-order valence-electron chi connectivity index (χ3n) is 3.92. The molecule has 0 spiro atoms. The van der Waals surface area contributed by atoms with E-state index in [4.69, 9.17) is 15.2 Å². The Balaban J connectivity index is 1.58. The van der Waals surface area contributed by atoms with Gasteiger partial charge < -0.3 is 20.5 Å². The number of nitrogens with zero attached hydrogens (tertiary/aromatic N) is 2. The van der Waals surface area contributed by atoms with Crippen molar-refractivity contribution in [2.75, 3.05) is 19.5 Å². The molecule has 7 heteroatoms. The van der Waals surface area contributed by atoms with Crippen LogP contribution in [0.3, 0.4) is 0 Å². The summed E-state index contributed by atoms with van der Waals surface area (Å²) in [7, 11) is 1.57. The summed E-state index contributed by atoms with van der Waals surface area (Å²) in [4.78, 5) is 20.7. The van der Waals surface area contributed by atoms with Gasteiger partial charge in [0.25, 0.3) is 0 Å². The van der Waals surface area contributed by atoms with Crippen molar-refractivity contribution in [3.05, 3.63) is 47.4 Å². The molecule has 1 unspecified atom stereocenters. The molecule has 1 aliphatic heterocycles. The summed E-state index contributed by atoms with van der Waals surface area (Å²) in [6.45, 7) is 0.966. The average molecular weight is 328 g/mol. The molecule has 0 saturated carbocycles. The number of hydrogen-bond donors (Lipinski definition) is 2. The van der Waals surface area contributed by atoms with E-state index in [0.29, 0.717) is 36.8 Å². The number of carbonyl (C=O) groups is 1. The summed E-state index contributed by atoms with van der Waals surface area (Å²) < 4.78 is 10.6. The fourth-order valence-electron chi connectivity index (χ4n) is 2.62. The van der Waals surface area contributed by atoms with Crippen LogP contribution in [-0.4, -0.2) is 29.6 Å². The predicted molar refractivity (Wildman–Crippen MR) is 88.1 cm³/mol. The van der Waals surface area contributed by atoms with E-state index >= 15 is 0 Å². The lowest BCUT2D eigenvalue weighted by atomic mass is 9.96. The Morgan fingerprint density at radius 1 is 1.46 bits per heavy atom. The van der Waals surface area contributed by atoms with E-state index < -0.39 is 0 Å². The van der Waals surface area contributed by atoms with Gasteiger partial charge in [0.15, 0.2) is 5.82 Å². The fraction of sp³-hybridized carbons (Fsp3) is 0.353. The van der Waals surface area contributed by atoms with Crippen molar-refractivity contribution in [2.24, 2.45) is 5.92 Å². The third-order valence-corrected chi connectivity index (χ3v) is 3.92. The molecule has 3 N–H and O–H groups in total. The highest BCUT2D eigenvalue weighted by Crippen LogP contribution is 2.26. The van der Waals surface area contributed by atoms with Crippen molar-refractivity contribution in [2.45, 2.75) is 19.6 Å². The second-order valence-corrected chi connectivity index (χ2v) is 5.67. The van der Waals surface area contributed by atoms with Crippen LogP contribution in [0.4, 0.5) is 5.82 Å². The van der Waals surface area contributed by atoms with Crippen molar-refractivity contribution in [1.82, 2.24) is 15.3 Å². The van der Waals surface area contributed by atoms with Gasteiger partial charge in [-0.2, -0.15) is 0 Å². The Hall–Kier alpha value is -2.67. The highest BCUT2D eigenvalue weighted by molar-refractivity contribution is 5.79. The van der Waals surface area contributed by atoms with Crippen molar-refractivity contribution in [3.8, 4) is 5.75 Å². The standard InChI is InChI=1S/C17H20N4O3/c1-23-10-15-19-7-13(16(18)21-15)8-20-17(22)12-6-11-4-2-3-5-14(11)24-9-12/h2-5,7,12H,6,8-10H2,1H3,(H,20,22)(H2,18,19,21). The van der Waals surface area contributed by atoms with Gasteiger partial charge in [-0.3, -0.25) is 4.79 Å². The molecule has 1 aliphatic rings. The van der Waals surface area contributed by atoms with Gasteiger partial charge in [-0.05, 0) is 18.1 Å². The van der Waals surface area contributed by atoms with Gasteiger partial charge >= 0.3 is 0 Å². The van der Waals surface area contributed by atoms with Crippen LogP contribution in [0.1, 0.15) is 17.0 Å². The zero-order valence-corrected chi connectivity index (χ0v) is 13.5. The lowest BCUT2D eigenvalue weighted by Gasteiger charge is -2.24. The van der Waals surface area contributed by atoms with Gasteiger partial charge in [-0.15, -0.1) is 0 Å². The molecule has 0 radical (unpaired) electrons. The van der Waals surface area contributed by atoms with Gasteiger partial charge in [-0.25, -0.2) is 9.97 Å². The Morgan fingerprint density at radius 3 is 3.08 bits per heavy atom. The molecular formula is C17H20N4O3. The summed E-state index contributed by atoms with van der Waals surface area (Å²) in [5.74, 6) is 1.44. The molecular weight excluding hydrogens is 308 g/mol. The molecule has 0 aliphatic carbocycles. The monoisotopic (exact) mass is 328 g/mol. The Bertz CT molecular complexity index is 736. The molecule has 7 nitrogen and oxygen atoms in total. The van der Waals surface area contributed by atoms with Crippen molar-refractivity contribution >= 4 is 11.7 Å². The minimum atomic E-state index is -0.213. The van der Waals surface area contributed by atoms with Gasteiger partial charge in [0.1, 0.15) is 24.8 Å². The molecule has 0 fully saturated rings. The number of nitrogens with one attached hydrogen (secondary N) is 1. The second kappa shape index (κ2) is 7.27. The molecule has 1 amide bonds. The summed E-state index contributed by atoms with van der Waals surface area (Å²) >= 11 is 0. The molecule has 2 heterocycles. The molecule has 3 rings (SSSR count).